The second kappa shape index (κ2) is 5.45. The molecular weight excluding hydrogens is 212 g/mol. The van der Waals surface area contributed by atoms with Gasteiger partial charge in [0.25, 0.3) is 0 Å². The molecule has 3 N–H and O–H groups in total. The minimum Gasteiger partial charge on any atom is -0.387 e. The number of nitrogens with one attached hydrogen (secondary N) is 1. The molecule has 0 spiro atoms. The van der Waals surface area contributed by atoms with Gasteiger partial charge in [-0.25, -0.2) is 4.98 Å². The van der Waals surface area contributed by atoms with E-state index in [2.05, 4.69) is 10.3 Å². The molecule has 0 unspecified atom stereocenters. The molecule has 6 heteroatoms. The van der Waals surface area contributed by atoms with Crippen LogP contribution in [-0.2, 0) is 11.3 Å². The second-order valence-corrected chi connectivity index (χ2v) is 3.53. The van der Waals surface area contributed by atoms with Crippen LogP contribution in [0.25, 0.3) is 0 Å². The van der Waals surface area contributed by atoms with Crippen molar-refractivity contribution < 1.29 is 4.79 Å². The molecule has 1 aromatic heterocycles. The molecule has 0 fully saturated rings. The molecule has 0 atom stereocenters. The number of imidazole rings is 1. The predicted octanol–water partition coefficient (Wildman–Crippen LogP) is 0.0435. The zero-order chi connectivity index (χ0) is 11.3. The van der Waals surface area contributed by atoms with Crippen LogP contribution in [0.2, 0.25) is 0 Å². The van der Waals surface area contributed by atoms with Crippen molar-refractivity contribution in [1.82, 2.24) is 14.9 Å². The number of nitrogens with zero attached hydrogens (tertiary/aromatic N) is 2. The quantitative estimate of drug-likeness (QED) is 0.695. The van der Waals surface area contributed by atoms with E-state index in [0.717, 1.165) is 6.42 Å². The summed E-state index contributed by atoms with van der Waals surface area (Å²) in [5, 5.41) is 2.77. The smallest absolute Gasteiger partial charge is 0.239 e. The molecule has 0 aliphatic rings. The first kappa shape index (κ1) is 11.6. The normalized spacial score (nSPS) is 9.93. The fraction of sp³-hybridized carbons (Fsp3) is 0.444. The van der Waals surface area contributed by atoms with E-state index in [-0.39, 0.29) is 17.4 Å². The Bertz CT molecular complexity index is 361. The minimum atomic E-state index is -0.0626. The second-order valence-electron chi connectivity index (χ2n) is 3.09. The summed E-state index contributed by atoms with van der Waals surface area (Å²) in [7, 11) is 0. The van der Waals surface area contributed by atoms with Crippen molar-refractivity contribution >= 4 is 23.1 Å². The summed E-state index contributed by atoms with van der Waals surface area (Å²) < 4.78 is 1.63. The van der Waals surface area contributed by atoms with Crippen molar-refractivity contribution in [2.45, 2.75) is 19.9 Å². The highest BCUT2D eigenvalue weighted by Crippen LogP contribution is 1.97. The molecule has 1 heterocycles. The molecule has 15 heavy (non-hydrogen) atoms. The molecule has 0 aromatic carbocycles. The molecule has 0 radical (unpaired) electrons. The SMILES string of the molecule is CCCNC(=O)Cn1ccnc1C(N)=S. The molecular formula is C9H14N4OS. The Kier molecular flexibility index (Phi) is 4.23. The number of nitrogens with two attached hydrogens (primary N) is 1. The number of carbonyl (C=O) groups is 1. The number of rotatable bonds is 5. The zero-order valence-corrected chi connectivity index (χ0v) is 9.38. The summed E-state index contributed by atoms with van der Waals surface area (Å²) in [6, 6.07) is 0. The van der Waals surface area contributed by atoms with Gasteiger partial charge in [0, 0.05) is 18.9 Å². The lowest BCUT2D eigenvalue weighted by Crippen LogP contribution is -2.29. The van der Waals surface area contributed by atoms with Crippen LogP contribution in [-0.4, -0.2) is 27.0 Å². The van der Waals surface area contributed by atoms with E-state index in [0.29, 0.717) is 12.4 Å². The fourth-order valence-electron chi connectivity index (χ4n) is 1.14. The van der Waals surface area contributed by atoms with Gasteiger partial charge in [0.15, 0.2) is 5.82 Å². The van der Waals surface area contributed by atoms with Crippen LogP contribution in [0.5, 0.6) is 0 Å². The van der Waals surface area contributed by atoms with Crippen LogP contribution in [0.4, 0.5) is 0 Å². The lowest BCUT2D eigenvalue weighted by Gasteiger charge is -2.06. The number of thiocarbonyl (C=S) groups is 1. The van der Waals surface area contributed by atoms with E-state index in [1.165, 1.54) is 0 Å². The Labute approximate surface area is 93.7 Å². The van der Waals surface area contributed by atoms with Crippen molar-refractivity contribution in [1.29, 1.82) is 0 Å². The summed E-state index contributed by atoms with van der Waals surface area (Å²) in [5.74, 6) is 0.406. The third kappa shape index (κ3) is 3.32. The average Bonchev–Trinajstić information content (AvgIpc) is 2.62. The number of hydrogen-bond acceptors (Lipinski definition) is 3. The maximum Gasteiger partial charge on any atom is 0.239 e. The fourth-order valence-corrected chi connectivity index (χ4v) is 1.31. The van der Waals surface area contributed by atoms with Crippen LogP contribution in [0.1, 0.15) is 19.2 Å². The topological polar surface area (TPSA) is 72.9 Å². The van der Waals surface area contributed by atoms with Gasteiger partial charge in [-0.05, 0) is 6.42 Å². The van der Waals surface area contributed by atoms with Gasteiger partial charge in [0.05, 0.1) is 0 Å². The van der Waals surface area contributed by atoms with Gasteiger partial charge >= 0.3 is 0 Å². The Hall–Kier alpha value is -1.43. The molecule has 0 bridgehead atoms. The summed E-state index contributed by atoms with van der Waals surface area (Å²) in [6.45, 7) is 2.88. The standard InChI is InChI=1S/C9H14N4OS/c1-2-3-11-7(14)6-13-5-4-12-9(13)8(10)15/h4-5H,2-3,6H2,1H3,(H2,10,15)(H,11,14). The molecule has 0 saturated heterocycles. The van der Waals surface area contributed by atoms with Crippen LogP contribution in [0, 0.1) is 0 Å². The first-order chi connectivity index (χ1) is 7.15. The Morgan fingerprint density at radius 3 is 3.07 bits per heavy atom. The van der Waals surface area contributed by atoms with Crippen molar-refractivity contribution in [3.8, 4) is 0 Å². The average molecular weight is 226 g/mol. The summed E-state index contributed by atoms with van der Waals surface area (Å²) in [6.07, 6.45) is 4.17. The van der Waals surface area contributed by atoms with Crippen LogP contribution >= 0.6 is 12.2 Å². The Balaban J connectivity index is 2.60. The van der Waals surface area contributed by atoms with Gasteiger partial charge in [-0.2, -0.15) is 0 Å². The highest BCUT2D eigenvalue weighted by molar-refractivity contribution is 7.80. The lowest BCUT2D eigenvalue weighted by atomic mass is 10.4. The van der Waals surface area contributed by atoms with Crippen LogP contribution in [0.3, 0.4) is 0 Å². The lowest BCUT2D eigenvalue weighted by molar-refractivity contribution is -0.121. The summed E-state index contributed by atoms with van der Waals surface area (Å²) >= 11 is 4.81. The van der Waals surface area contributed by atoms with Crippen molar-refractivity contribution in [2.24, 2.45) is 5.73 Å². The Morgan fingerprint density at radius 1 is 1.73 bits per heavy atom. The molecule has 1 amide bonds. The van der Waals surface area contributed by atoms with Gasteiger partial charge in [-0.3, -0.25) is 4.79 Å². The van der Waals surface area contributed by atoms with E-state index in [1.807, 2.05) is 6.92 Å². The summed E-state index contributed by atoms with van der Waals surface area (Å²) in [4.78, 5) is 15.6. The number of amides is 1. The number of hydrogen-bond donors (Lipinski definition) is 2. The molecule has 5 nitrogen and oxygen atoms in total. The van der Waals surface area contributed by atoms with Crippen molar-refractivity contribution in [3.63, 3.8) is 0 Å². The maximum atomic E-state index is 11.4. The van der Waals surface area contributed by atoms with E-state index >= 15 is 0 Å². The predicted molar refractivity (Wildman–Crippen MR) is 61.4 cm³/mol. The molecule has 1 rings (SSSR count). The maximum absolute atomic E-state index is 11.4. The van der Waals surface area contributed by atoms with Crippen LogP contribution in [0.15, 0.2) is 12.4 Å². The Morgan fingerprint density at radius 2 is 2.47 bits per heavy atom. The molecule has 0 saturated carbocycles. The van der Waals surface area contributed by atoms with Gasteiger partial charge in [0.1, 0.15) is 11.5 Å². The van der Waals surface area contributed by atoms with Crippen molar-refractivity contribution in [2.75, 3.05) is 6.54 Å². The van der Waals surface area contributed by atoms with Crippen LogP contribution < -0.4 is 11.1 Å². The van der Waals surface area contributed by atoms with E-state index in [1.54, 1.807) is 17.0 Å². The monoisotopic (exact) mass is 226 g/mol. The highest BCUT2D eigenvalue weighted by Gasteiger charge is 2.08. The van der Waals surface area contributed by atoms with Gasteiger partial charge < -0.3 is 15.6 Å². The third-order valence-electron chi connectivity index (χ3n) is 1.82. The van der Waals surface area contributed by atoms with Gasteiger partial charge in [0.2, 0.25) is 5.91 Å². The molecule has 1 aromatic rings. The summed E-state index contributed by atoms with van der Waals surface area (Å²) in [5.41, 5.74) is 5.45. The largest absolute Gasteiger partial charge is 0.387 e. The first-order valence-corrected chi connectivity index (χ1v) is 5.13. The first-order valence-electron chi connectivity index (χ1n) is 4.72. The molecule has 0 aliphatic carbocycles. The van der Waals surface area contributed by atoms with Gasteiger partial charge in [-0.15, -0.1) is 0 Å². The zero-order valence-electron chi connectivity index (χ0n) is 8.56. The highest BCUT2D eigenvalue weighted by atomic mass is 32.1. The number of carbonyl (C=O) groups excluding carboxylic acids is 1. The third-order valence-corrected chi connectivity index (χ3v) is 2.00. The van der Waals surface area contributed by atoms with Gasteiger partial charge in [-0.1, -0.05) is 19.1 Å². The molecule has 0 aliphatic heterocycles. The number of aromatic nitrogens is 2. The molecule has 82 valence electrons. The van der Waals surface area contributed by atoms with E-state index < -0.39 is 0 Å². The van der Waals surface area contributed by atoms with E-state index in [4.69, 9.17) is 18.0 Å². The van der Waals surface area contributed by atoms with Crippen molar-refractivity contribution in [3.05, 3.63) is 18.2 Å². The van der Waals surface area contributed by atoms with E-state index in [9.17, 15) is 4.79 Å². The minimum absolute atomic E-state index is 0.0626.